The Kier molecular flexibility index (Phi) is 5.29. The lowest BCUT2D eigenvalue weighted by molar-refractivity contribution is 0.0695. The average molecular weight is 396 g/mol. The summed E-state index contributed by atoms with van der Waals surface area (Å²) in [5.74, 6) is -0.302. The number of likely N-dealkylation sites (tertiary alicyclic amines) is 1. The van der Waals surface area contributed by atoms with Gasteiger partial charge in [-0.25, -0.2) is 17.1 Å². The van der Waals surface area contributed by atoms with E-state index in [-0.39, 0.29) is 17.4 Å². The van der Waals surface area contributed by atoms with E-state index in [0.29, 0.717) is 24.8 Å². The molecule has 0 aliphatic carbocycles. The van der Waals surface area contributed by atoms with Crippen LogP contribution in [-0.2, 0) is 10.0 Å². The second-order valence-corrected chi connectivity index (χ2v) is 8.82. The first-order valence-corrected chi connectivity index (χ1v) is 9.95. The van der Waals surface area contributed by atoms with E-state index in [1.807, 2.05) is 0 Å². The number of amides is 1. The summed E-state index contributed by atoms with van der Waals surface area (Å²) in [5, 5.41) is 3.78. The Labute approximate surface area is 157 Å². The Bertz CT molecular complexity index is 958. The second-order valence-electron chi connectivity index (χ2n) is 6.70. The molecule has 0 N–H and O–H groups in total. The number of hydrogen-bond acceptors (Lipinski definition) is 6. The van der Waals surface area contributed by atoms with Gasteiger partial charge in [0.05, 0.1) is 5.92 Å². The summed E-state index contributed by atoms with van der Waals surface area (Å²) in [6.07, 6.45) is 1.57. The molecule has 146 valence electrons. The zero-order chi connectivity index (χ0) is 19.8. The zero-order valence-electron chi connectivity index (χ0n) is 15.3. The largest absolute Gasteiger partial charge is 0.339 e. The van der Waals surface area contributed by atoms with Crippen molar-refractivity contribution in [3.63, 3.8) is 0 Å². The molecule has 1 aromatic heterocycles. The summed E-state index contributed by atoms with van der Waals surface area (Å²) in [6.45, 7) is 2.63. The summed E-state index contributed by atoms with van der Waals surface area (Å²) in [5.41, 5.74) is 0.124. The maximum Gasteiger partial charge on any atom is 0.253 e. The molecule has 1 amide bonds. The number of sulfonamides is 1. The van der Waals surface area contributed by atoms with Crippen molar-refractivity contribution in [2.24, 2.45) is 0 Å². The van der Waals surface area contributed by atoms with Crippen molar-refractivity contribution in [3.05, 3.63) is 41.3 Å². The Morgan fingerprint density at radius 1 is 1.37 bits per heavy atom. The Balaban J connectivity index is 1.85. The van der Waals surface area contributed by atoms with Crippen LogP contribution in [0, 0.1) is 12.7 Å². The molecule has 27 heavy (non-hydrogen) atoms. The molecular weight excluding hydrogens is 375 g/mol. The van der Waals surface area contributed by atoms with Crippen molar-refractivity contribution >= 4 is 15.9 Å². The fourth-order valence-electron chi connectivity index (χ4n) is 3.06. The molecule has 8 nitrogen and oxygen atoms in total. The number of halogens is 1. The lowest BCUT2D eigenvalue weighted by Crippen LogP contribution is -2.39. The molecule has 2 heterocycles. The van der Waals surface area contributed by atoms with Crippen LogP contribution >= 0.6 is 0 Å². The summed E-state index contributed by atoms with van der Waals surface area (Å²) in [7, 11) is -1.37. The predicted molar refractivity (Wildman–Crippen MR) is 94.2 cm³/mol. The number of nitrogens with zero attached hydrogens (tertiary/aromatic N) is 4. The third kappa shape index (κ3) is 3.86. The third-order valence-corrected chi connectivity index (χ3v) is 6.37. The van der Waals surface area contributed by atoms with Gasteiger partial charge in [-0.2, -0.15) is 4.98 Å². The molecule has 1 unspecified atom stereocenters. The molecule has 3 rings (SSSR count). The minimum absolute atomic E-state index is 0.0747. The standard InChI is InChI=1S/C17H21FN4O4S/c1-11-19-16(26-20-11)13-5-4-8-22(10-13)17(23)12-6-7-14(18)15(9-12)27(24,25)21(2)3/h6-7,9,13H,4-5,8,10H2,1-3H3. The van der Waals surface area contributed by atoms with Crippen LogP contribution < -0.4 is 0 Å². The Morgan fingerprint density at radius 2 is 2.11 bits per heavy atom. The van der Waals surface area contributed by atoms with Crippen molar-refractivity contribution in [2.45, 2.75) is 30.6 Å². The first kappa shape index (κ1) is 19.4. The van der Waals surface area contributed by atoms with Gasteiger partial charge in [0.2, 0.25) is 15.9 Å². The molecule has 0 bridgehead atoms. The maximum atomic E-state index is 14.1. The minimum Gasteiger partial charge on any atom is -0.339 e. The van der Waals surface area contributed by atoms with Crippen LogP contribution in [0.15, 0.2) is 27.6 Å². The summed E-state index contributed by atoms with van der Waals surface area (Å²) < 4.78 is 44.7. The van der Waals surface area contributed by atoms with Gasteiger partial charge in [-0.15, -0.1) is 0 Å². The van der Waals surface area contributed by atoms with Gasteiger partial charge in [0.25, 0.3) is 5.91 Å². The van der Waals surface area contributed by atoms with Crippen molar-refractivity contribution < 1.29 is 22.1 Å². The highest BCUT2D eigenvalue weighted by molar-refractivity contribution is 7.89. The molecule has 1 aromatic carbocycles. The van der Waals surface area contributed by atoms with Crippen molar-refractivity contribution in [1.82, 2.24) is 19.3 Å². The fraction of sp³-hybridized carbons (Fsp3) is 0.471. The zero-order valence-corrected chi connectivity index (χ0v) is 16.2. The van der Waals surface area contributed by atoms with Gasteiger partial charge < -0.3 is 9.42 Å². The maximum absolute atomic E-state index is 14.1. The van der Waals surface area contributed by atoms with Crippen molar-refractivity contribution in [2.75, 3.05) is 27.2 Å². The van der Waals surface area contributed by atoms with Crippen LogP contribution in [-0.4, -0.2) is 60.9 Å². The van der Waals surface area contributed by atoms with Gasteiger partial charge in [0.15, 0.2) is 5.82 Å². The van der Waals surface area contributed by atoms with Crippen LogP contribution in [0.2, 0.25) is 0 Å². The van der Waals surface area contributed by atoms with E-state index in [2.05, 4.69) is 10.1 Å². The monoisotopic (exact) mass is 396 g/mol. The third-order valence-electron chi connectivity index (χ3n) is 4.54. The van der Waals surface area contributed by atoms with E-state index in [1.165, 1.54) is 20.2 Å². The number of carbonyl (C=O) groups excluding carboxylic acids is 1. The smallest absolute Gasteiger partial charge is 0.253 e. The number of rotatable bonds is 4. The van der Waals surface area contributed by atoms with Crippen LogP contribution in [0.4, 0.5) is 4.39 Å². The van der Waals surface area contributed by atoms with Crippen molar-refractivity contribution in [3.8, 4) is 0 Å². The van der Waals surface area contributed by atoms with E-state index < -0.39 is 20.7 Å². The normalized spacial score (nSPS) is 18.1. The van der Waals surface area contributed by atoms with Gasteiger partial charge >= 0.3 is 0 Å². The SMILES string of the molecule is Cc1noc(C2CCCN(C(=O)c3ccc(F)c(S(=O)(=O)N(C)C)c3)C2)n1. The molecule has 0 radical (unpaired) electrons. The molecular formula is C17H21FN4O4S. The van der Waals surface area contributed by atoms with Gasteiger partial charge in [0, 0.05) is 32.7 Å². The minimum atomic E-state index is -3.99. The molecule has 1 aliphatic heterocycles. The highest BCUT2D eigenvalue weighted by atomic mass is 32.2. The van der Waals surface area contributed by atoms with Crippen LogP contribution in [0.5, 0.6) is 0 Å². The fourth-order valence-corrected chi connectivity index (χ4v) is 4.04. The predicted octanol–water partition coefficient (Wildman–Crippen LogP) is 1.79. The highest BCUT2D eigenvalue weighted by Gasteiger charge is 2.30. The van der Waals surface area contributed by atoms with Gasteiger partial charge in [0.1, 0.15) is 10.7 Å². The summed E-state index contributed by atoms with van der Waals surface area (Å²) in [6, 6.07) is 3.40. The molecule has 0 spiro atoms. The Hall–Kier alpha value is -2.33. The van der Waals surface area contributed by atoms with Crippen molar-refractivity contribution in [1.29, 1.82) is 0 Å². The van der Waals surface area contributed by atoms with E-state index in [0.717, 1.165) is 29.3 Å². The van der Waals surface area contributed by atoms with E-state index in [9.17, 15) is 17.6 Å². The highest BCUT2D eigenvalue weighted by Crippen LogP contribution is 2.27. The number of benzene rings is 1. The van der Waals surface area contributed by atoms with Crippen LogP contribution in [0.1, 0.15) is 40.8 Å². The lowest BCUT2D eigenvalue weighted by atomic mass is 9.97. The van der Waals surface area contributed by atoms with Gasteiger partial charge in [-0.3, -0.25) is 4.79 Å². The molecule has 2 aromatic rings. The number of hydrogen-bond donors (Lipinski definition) is 0. The average Bonchev–Trinajstić information content (AvgIpc) is 3.08. The topological polar surface area (TPSA) is 96.6 Å². The Morgan fingerprint density at radius 3 is 2.74 bits per heavy atom. The summed E-state index contributed by atoms with van der Waals surface area (Å²) in [4.78, 5) is 18.2. The first-order chi connectivity index (χ1) is 12.7. The second kappa shape index (κ2) is 7.35. The number of carbonyl (C=O) groups is 1. The lowest BCUT2D eigenvalue weighted by Gasteiger charge is -2.31. The van der Waals surface area contributed by atoms with Gasteiger partial charge in [-0.1, -0.05) is 5.16 Å². The quantitative estimate of drug-likeness (QED) is 0.782. The molecule has 10 heteroatoms. The first-order valence-electron chi connectivity index (χ1n) is 8.51. The van der Waals surface area contributed by atoms with E-state index >= 15 is 0 Å². The van der Waals surface area contributed by atoms with E-state index in [1.54, 1.807) is 11.8 Å². The molecule has 0 saturated carbocycles. The van der Waals surface area contributed by atoms with E-state index in [4.69, 9.17) is 4.52 Å². The van der Waals surface area contributed by atoms with Crippen LogP contribution in [0.25, 0.3) is 0 Å². The number of aryl methyl sites for hydroxylation is 1. The summed E-state index contributed by atoms with van der Waals surface area (Å²) >= 11 is 0. The molecule has 1 aliphatic rings. The molecule has 1 fully saturated rings. The number of aromatic nitrogens is 2. The van der Waals surface area contributed by atoms with Gasteiger partial charge in [-0.05, 0) is 38.0 Å². The molecule has 1 atom stereocenters. The molecule has 1 saturated heterocycles. The van der Waals surface area contributed by atoms with Crippen LogP contribution in [0.3, 0.4) is 0 Å². The number of piperidine rings is 1.